The van der Waals surface area contributed by atoms with Crippen LogP contribution in [0.1, 0.15) is 40.7 Å². The zero-order valence-corrected chi connectivity index (χ0v) is 30.6. The Kier molecular flexibility index (Phi) is 11.3. The summed E-state index contributed by atoms with van der Waals surface area (Å²) in [6.45, 7) is 2.36. The number of fused-ring (bicyclic) bond motifs is 1. The standard InChI is InChI=1S/C33H33ClN8O10S2/c34-20-18(8-9-19(43)24(20)44)27(45)36-10-13-42(11-4-5-12-42)14-17-15-53-30-22(29(47)41(30)23(17)31(48)49)37-28(46)21(26-38-33(35)54-40-26)39-52-25(32(50)51)16-6-2-1-3-7-16/h1-3,6-9,22,25,30H,4-5,10-15H2,(H7-,35,36,37,38,39,40,43,44,45,46,48,49,50,51)/p+1/t22-,25+,30-/m1/s1. The first-order valence-electron chi connectivity index (χ1n) is 16.5. The quantitative estimate of drug-likeness (QED) is 0.0401. The number of aliphatic carboxylic acids is 2. The van der Waals surface area contributed by atoms with Gasteiger partial charge in [-0.05, 0) is 12.1 Å². The smallest absolute Gasteiger partial charge is 0.352 e. The van der Waals surface area contributed by atoms with E-state index < -0.39 is 64.4 Å². The molecule has 0 unspecified atom stereocenters. The molecule has 0 spiro atoms. The second kappa shape index (κ2) is 15.9. The van der Waals surface area contributed by atoms with Gasteiger partial charge in [0.25, 0.3) is 17.7 Å². The summed E-state index contributed by atoms with van der Waals surface area (Å²) in [7, 11) is 0. The Balaban J connectivity index is 1.16. The molecule has 3 aromatic rings. The predicted octanol–water partition coefficient (Wildman–Crippen LogP) is 1.51. The molecule has 0 saturated carbocycles. The summed E-state index contributed by atoms with van der Waals surface area (Å²) in [4.78, 5) is 75.1. The Bertz CT molecular complexity index is 2060. The third-order valence-electron chi connectivity index (χ3n) is 9.23. The van der Waals surface area contributed by atoms with Crippen molar-refractivity contribution in [2.45, 2.75) is 30.4 Å². The summed E-state index contributed by atoms with van der Waals surface area (Å²) in [6, 6.07) is 9.19. The first-order valence-corrected chi connectivity index (χ1v) is 18.7. The number of nitrogen functional groups attached to an aromatic ring is 1. The number of carbonyl (C=O) groups is 5. The number of aromatic hydroxyl groups is 2. The monoisotopic (exact) mass is 801 g/mol. The minimum atomic E-state index is -1.59. The molecule has 284 valence electrons. The van der Waals surface area contributed by atoms with E-state index in [1.807, 2.05) is 0 Å². The number of quaternary nitrogens is 1. The maximum absolute atomic E-state index is 13.6. The number of β-lactam (4-membered cyclic amide) rings is 1. The van der Waals surface area contributed by atoms with E-state index in [-0.39, 0.29) is 45.1 Å². The molecule has 8 N–H and O–H groups in total. The lowest BCUT2D eigenvalue weighted by atomic mass is 10.0. The van der Waals surface area contributed by atoms with Crippen LogP contribution in [-0.4, -0.2) is 124 Å². The van der Waals surface area contributed by atoms with Crippen molar-refractivity contribution in [1.82, 2.24) is 24.9 Å². The minimum Gasteiger partial charge on any atom is -0.504 e. The molecule has 21 heteroatoms. The number of oxime groups is 1. The van der Waals surface area contributed by atoms with Crippen molar-refractivity contribution in [1.29, 1.82) is 0 Å². The van der Waals surface area contributed by atoms with Gasteiger partial charge in [-0.3, -0.25) is 19.3 Å². The van der Waals surface area contributed by atoms with Crippen molar-refractivity contribution in [3.05, 3.63) is 75.7 Å². The molecule has 3 amide bonds. The van der Waals surface area contributed by atoms with E-state index in [0.29, 0.717) is 36.2 Å². The fraction of sp³-hybridized carbons (Fsp3) is 0.333. The Hall–Kier alpha value is -5.44. The molecule has 54 heavy (non-hydrogen) atoms. The maximum atomic E-state index is 13.6. The van der Waals surface area contributed by atoms with Crippen LogP contribution in [-0.2, 0) is 24.0 Å². The number of nitrogens with one attached hydrogen (secondary N) is 2. The van der Waals surface area contributed by atoms with Crippen molar-refractivity contribution >= 4 is 75.4 Å². The number of hydrogen-bond acceptors (Lipinski definition) is 14. The highest BCUT2D eigenvalue weighted by Gasteiger charge is 2.55. The molecule has 3 atom stereocenters. The molecule has 0 aliphatic carbocycles. The molecule has 1 aromatic heterocycles. The van der Waals surface area contributed by atoms with Crippen LogP contribution in [0.2, 0.25) is 5.02 Å². The molecular formula is C33H34ClN8O10S2+. The van der Waals surface area contributed by atoms with E-state index in [0.717, 1.165) is 35.3 Å². The molecule has 3 aliphatic rings. The molecule has 0 bridgehead atoms. The lowest BCUT2D eigenvalue weighted by Crippen LogP contribution is -2.71. The average molecular weight is 802 g/mol. The number of phenolic OH excluding ortho intramolecular Hbond substituents is 2. The molecule has 18 nitrogen and oxygen atoms in total. The molecular weight excluding hydrogens is 768 g/mol. The number of benzene rings is 2. The fourth-order valence-corrected chi connectivity index (χ4v) is 8.63. The normalized spacial score (nSPS) is 19.8. The van der Waals surface area contributed by atoms with E-state index in [4.69, 9.17) is 22.2 Å². The molecule has 3 aliphatic heterocycles. The SMILES string of the molecule is Nc1nc(/C(=N/O[C@H](C(=O)O)c2ccccc2)C(=O)N[C@@H]2C(=O)N3C(C(=O)O)=C(C[N+]4(CCNC(=O)c5ccc(O)c(O)c5Cl)CCCC4)CS[C@H]23)ns1. The summed E-state index contributed by atoms with van der Waals surface area (Å²) in [6.07, 6.45) is 0.158. The van der Waals surface area contributed by atoms with Gasteiger partial charge in [0.15, 0.2) is 16.6 Å². The van der Waals surface area contributed by atoms with Crippen LogP contribution in [0.3, 0.4) is 0 Å². The highest BCUT2D eigenvalue weighted by atomic mass is 35.5. The number of hydrogen-bond donors (Lipinski definition) is 7. The van der Waals surface area contributed by atoms with E-state index in [1.165, 1.54) is 30.0 Å². The Morgan fingerprint density at radius 3 is 2.48 bits per heavy atom. The van der Waals surface area contributed by atoms with Gasteiger partial charge in [0.05, 0.1) is 36.8 Å². The lowest BCUT2D eigenvalue weighted by molar-refractivity contribution is -0.911. The van der Waals surface area contributed by atoms with E-state index in [2.05, 4.69) is 25.1 Å². The second-order valence-corrected chi connectivity index (χ2v) is 14.9. The van der Waals surface area contributed by atoms with Crippen LogP contribution >= 0.6 is 34.9 Å². The number of likely N-dealkylation sites (tertiary alicyclic amines) is 1. The molecule has 2 fully saturated rings. The van der Waals surface area contributed by atoms with E-state index in [1.54, 1.807) is 18.2 Å². The third-order valence-corrected chi connectivity index (χ3v) is 11.5. The van der Waals surface area contributed by atoms with Crippen LogP contribution in [0, 0.1) is 0 Å². The van der Waals surface area contributed by atoms with Gasteiger partial charge in [0, 0.05) is 41.3 Å². The van der Waals surface area contributed by atoms with Crippen LogP contribution < -0.4 is 16.4 Å². The zero-order chi connectivity index (χ0) is 38.7. The van der Waals surface area contributed by atoms with Gasteiger partial charge in [-0.15, -0.1) is 11.8 Å². The first kappa shape index (κ1) is 38.3. The van der Waals surface area contributed by atoms with Gasteiger partial charge in [-0.25, -0.2) is 9.59 Å². The fourth-order valence-electron chi connectivity index (χ4n) is 6.61. The van der Waals surface area contributed by atoms with Gasteiger partial charge < -0.3 is 46.1 Å². The minimum absolute atomic E-state index is 0.0105. The number of nitrogens with two attached hydrogens (primary N) is 1. The second-order valence-electron chi connectivity index (χ2n) is 12.7. The van der Waals surface area contributed by atoms with Gasteiger partial charge >= 0.3 is 11.9 Å². The number of phenols is 2. The number of halogens is 1. The van der Waals surface area contributed by atoms with Crippen LogP contribution in [0.4, 0.5) is 5.13 Å². The number of carboxylic acids is 2. The topological polar surface area (TPSA) is 267 Å². The molecule has 0 radical (unpaired) electrons. The zero-order valence-electron chi connectivity index (χ0n) is 28.2. The van der Waals surface area contributed by atoms with Gasteiger partial charge in [0.1, 0.15) is 23.7 Å². The number of anilines is 1. The highest BCUT2D eigenvalue weighted by Crippen LogP contribution is 2.41. The van der Waals surface area contributed by atoms with Crippen molar-refractivity contribution in [2.24, 2.45) is 5.16 Å². The largest absolute Gasteiger partial charge is 0.504 e. The molecule has 4 heterocycles. The number of carbonyl (C=O) groups excluding carboxylic acids is 3. The third kappa shape index (κ3) is 7.77. The summed E-state index contributed by atoms with van der Waals surface area (Å²) in [5.41, 5.74) is 5.77. The Morgan fingerprint density at radius 1 is 1.11 bits per heavy atom. The Labute approximate surface area is 320 Å². The number of aromatic nitrogens is 2. The average Bonchev–Trinajstić information content (AvgIpc) is 3.80. The summed E-state index contributed by atoms with van der Waals surface area (Å²) in [5.74, 6) is -5.98. The number of thioether (sulfide) groups is 1. The van der Waals surface area contributed by atoms with Crippen molar-refractivity contribution < 1.29 is 53.7 Å². The van der Waals surface area contributed by atoms with Crippen molar-refractivity contribution in [3.8, 4) is 11.5 Å². The van der Waals surface area contributed by atoms with Crippen molar-refractivity contribution in [2.75, 3.05) is 44.2 Å². The van der Waals surface area contributed by atoms with Crippen LogP contribution in [0.25, 0.3) is 0 Å². The van der Waals surface area contributed by atoms with E-state index in [9.17, 15) is 44.4 Å². The van der Waals surface area contributed by atoms with E-state index >= 15 is 0 Å². The summed E-state index contributed by atoms with van der Waals surface area (Å²) < 4.78 is 4.45. The van der Waals surface area contributed by atoms with Gasteiger partial charge in [0.2, 0.25) is 17.6 Å². The highest BCUT2D eigenvalue weighted by molar-refractivity contribution is 8.00. The molecule has 6 rings (SSSR count). The first-order chi connectivity index (χ1) is 25.8. The summed E-state index contributed by atoms with van der Waals surface area (Å²) >= 11 is 8.08. The van der Waals surface area contributed by atoms with Crippen LogP contribution in [0.15, 0.2) is 58.9 Å². The maximum Gasteiger partial charge on any atom is 0.352 e. The molecule has 2 aromatic carbocycles. The number of nitrogens with zero attached hydrogens (tertiary/aromatic N) is 5. The van der Waals surface area contributed by atoms with Gasteiger partial charge in [-0.1, -0.05) is 47.1 Å². The number of carboxylic acid groups (broad SMARTS) is 2. The Morgan fingerprint density at radius 2 is 1.83 bits per heavy atom. The number of amides is 3. The summed E-state index contributed by atoms with van der Waals surface area (Å²) in [5, 5.41) is 47.7. The van der Waals surface area contributed by atoms with Crippen LogP contribution in [0.5, 0.6) is 11.5 Å². The van der Waals surface area contributed by atoms with Gasteiger partial charge in [-0.2, -0.15) is 9.36 Å². The van der Waals surface area contributed by atoms with Crippen molar-refractivity contribution in [3.63, 3.8) is 0 Å². The number of rotatable bonds is 14. The predicted molar refractivity (Wildman–Crippen MR) is 195 cm³/mol. The molecule has 2 saturated heterocycles. The lowest BCUT2D eigenvalue weighted by Gasteiger charge is -2.50.